The molecule has 1 aliphatic rings. The van der Waals surface area contributed by atoms with Crippen LogP contribution in [0.4, 0.5) is 0 Å². The van der Waals surface area contributed by atoms with Gasteiger partial charge in [0.2, 0.25) is 0 Å². The van der Waals surface area contributed by atoms with Crippen LogP contribution in [-0.4, -0.2) is 37.5 Å². The normalized spacial score (nSPS) is 20.9. The SMILES string of the molecule is Cc1n[nH]nc1C(=O)NC(c1cnc2ccccc2c1)C1CC(O)C1. The van der Waals surface area contributed by atoms with E-state index in [4.69, 9.17) is 0 Å². The molecule has 1 unspecified atom stereocenters. The third-order valence-electron chi connectivity index (χ3n) is 4.82. The number of amides is 1. The van der Waals surface area contributed by atoms with Crippen molar-refractivity contribution in [1.82, 2.24) is 25.7 Å². The molecule has 1 atom stereocenters. The van der Waals surface area contributed by atoms with Crippen LogP contribution < -0.4 is 5.32 Å². The van der Waals surface area contributed by atoms with Crippen molar-refractivity contribution in [3.63, 3.8) is 0 Å². The molecule has 3 aromatic rings. The summed E-state index contributed by atoms with van der Waals surface area (Å²) in [6, 6.07) is 9.70. The van der Waals surface area contributed by atoms with Crippen molar-refractivity contribution < 1.29 is 9.90 Å². The van der Waals surface area contributed by atoms with Gasteiger partial charge in [0, 0.05) is 11.6 Å². The number of aryl methyl sites for hydroxylation is 1. The number of rotatable bonds is 4. The Hall–Kier alpha value is -2.80. The Morgan fingerprint density at radius 2 is 2.12 bits per heavy atom. The molecule has 0 bridgehead atoms. The van der Waals surface area contributed by atoms with Crippen molar-refractivity contribution in [1.29, 1.82) is 0 Å². The van der Waals surface area contributed by atoms with Gasteiger partial charge in [0.1, 0.15) is 0 Å². The Balaban J connectivity index is 1.65. The van der Waals surface area contributed by atoms with Crippen molar-refractivity contribution in [2.24, 2.45) is 5.92 Å². The predicted molar refractivity (Wildman–Crippen MR) is 91.8 cm³/mol. The summed E-state index contributed by atoms with van der Waals surface area (Å²) in [7, 11) is 0. The van der Waals surface area contributed by atoms with Gasteiger partial charge in [0.25, 0.3) is 5.91 Å². The second kappa shape index (κ2) is 6.25. The summed E-state index contributed by atoms with van der Waals surface area (Å²) < 4.78 is 0. The predicted octanol–water partition coefficient (Wildman–Crippen LogP) is 1.90. The molecule has 7 heteroatoms. The lowest BCUT2D eigenvalue weighted by Crippen LogP contribution is -2.41. The van der Waals surface area contributed by atoms with E-state index in [0.717, 1.165) is 16.5 Å². The molecule has 1 aromatic carbocycles. The first kappa shape index (κ1) is 15.7. The number of para-hydroxylation sites is 1. The van der Waals surface area contributed by atoms with Crippen molar-refractivity contribution in [3.05, 3.63) is 53.5 Å². The molecule has 0 aliphatic heterocycles. The topological polar surface area (TPSA) is 104 Å². The molecule has 4 rings (SSSR count). The largest absolute Gasteiger partial charge is 0.393 e. The average Bonchev–Trinajstić information content (AvgIpc) is 3.03. The summed E-state index contributed by atoms with van der Waals surface area (Å²) in [6.07, 6.45) is 2.82. The quantitative estimate of drug-likeness (QED) is 0.674. The molecule has 25 heavy (non-hydrogen) atoms. The minimum absolute atomic E-state index is 0.175. The number of H-pyrrole nitrogens is 1. The molecule has 0 saturated heterocycles. The maximum atomic E-state index is 12.6. The van der Waals surface area contributed by atoms with E-state index in [9.17, 15) is 9.90 Å². The summed E-state index contributed by atoms with van der Waals surface area (Å²) in [5, 5.41) is 24.1. The number of hydrogen-bond donors (Lipinski definition) is 3. The number of hydrogen-bond acceptors (Lipinski definition) is 5. The number of benzene rings is 1. The number of carbonyl (C=O) groups excluding carboxylic acids is 1. The van der Waals surface area contributed by atoms with Gasteiger partial charge in [-0.3, -0.25) is 9.78 Å². The number of nitrogens with zero attached hydrogens (tertiary/aromatic N) is 3. The lowest BCUT2D eigenvalue weighted by Gasteiger charge is -2.38. The van der Waals surface area contributed by atoms with Gasteiger partial charge >= 0.3 is 0 Å². The number of fused-ring (bicyclic) bond motifs is 1. The van der Waals surface area contributed by atoms with E-state index in [1.807, 2.05) is 30.3 Å². The highest BCUT2D eigenvalue weighted by Crippen LogP contribution is 2.38. The van der Waals surface area contributed by atoms with Gasteiger partial charge in [0.15, 0.2) is 5.69 Å². The van der Waals surface area contributed by atoms with Crippen LogP contribution in [0.15, 0.2) is 36.5 Å². The van der Waals surface area contributed by atoms with Gasteiger partial charge in [-0.25, -0.2) is 0 Å². The third-order valence-corrected chi connectivity index (χ3v) is 4.82. The van der Waals surface area contributed by atoms with E-state index in [-0.39, 0.29) is 24.0 Å². The molecule has 1 fully saturated rings. The molecular formula is C18H19N5O2. The Morgan fingerprint density at radius 3 is 2.84 bits per heavy atom. The molecule has 2 heterocycles. The molecule has 2 aromatic heterocycles. The second-order valence-corrected chi connectivity index (χ2v) is 6.56. The maximum absolute atomic E-state index is 12.6. The smallest absolute Gasteiger partial charge is 0.274 e. The van der Waals surface area contributed by atoms with Crippen LogP contribution in [-0.2, 0) is 0 Å². The molecule has 1 amide bonds. The fraction of sp³-hybridized carbons (Fsp3) is 0.333. The van der Waals surface area contributed by atoms with E-state index in [0.29, 0.717) is 24.2 Å². The van der Waals surface area contributed by atoms with Gasteiger partial charge < -0.3 is 10.4 Å². The molecule has 128 valence electrons. The zero-order valence-electron chi connectivity index (χ0n) is 13.8. The van der Waals surface area contributed by atoms with E-state index in [2.05, 4.69) is 25.7 Å². The monoisotopic (exact) mass is 337 g/mol. The lowest BCUT2D eigenvalue weighted by atomic mass is 9.75. The average molecular weight is 337 g/mol. The zero-order chi connectivity index (χ0) is 17.4. The number of carbonyl (C=O) groups is 1. The molecule has 0 spiro atoms. The first-order valence-corrected chi connectivity index (χ1v) is 8.33. The second-order valence-electron chi connectivity index (χ2n) is 6.56. The molecular weight excluding hydrogens is 318 g/mol. The summed E-state index contributed by atoms with van der Waals surface area (Å²) in [5.74, 6) is -0.0973. The number of aliphatic hydroxyl groups is 1. The highest BCUT2D eigenvalue weighted by atomic mass is 16.3. The summed E-state index contributed by atoms with van der Waals surface area (Å²) in [5.41, 5.74) is 2.70. The fourth-order valence-electron chi connectivity index (χ4n) is 3.34. The third kappa shape index (κ3) is 2.98. The van der Waals surface area contributed by atoms with Crippen LogP contribution >= 0.6 is 0 Å². The number of aromatic nitrogens is 4. The zero-order valence-corrected chi connectivity index (χ0v) is 13.8. The number of aromatic amines is 1. The van der Waals surface area contributed by atoms with Gasteiger partial charge in [-0.15, -0.1) is 0 Å². The number of nitrogens with one attached hydrogen (secondary N) is 2. The van der Waals surface area contributed by atoms with Crippen LogP contribution in [0.5, 0.6) is 0 Å². The Morgan fingerprint density at radius 1 is 1.32 bits per heavy atom. The Bertz CT molecular complexity index is 916. The van der Waals surface area contributed by atoms with E-state index in [1.54, 1.807) is 13.1 Å². The maximum Gasteiger partial charge on any atom is 0.274 e. The molecule has 1 saturated carbocycles. The summed E-state index contributed by atoms with van der Waals surface area (Å²) in [6.45, 7) is 1.73. The van der Waals surface area contributed by atoms with Crippen molar-refractivity contribution in [2.45, 2.75) is 31.9 Å². The summed E-state index contributed by atoms with van der Waals surface area (Å²) >= 11 is 0. The molecule has 1 aliphatic carbocycles. The Kier molecular flexibility index (Phi) is 3.93. The van der Waals surface area contributed by atoms with E-state index >= 15 is 0 Å². The van der Waals surface area contributed by atoms with E-state index < -0.39 is 0 Å². The fourth-order valence-corrected chi connectivity index (χ4v) is 3.34. The highest BCUT2D eigenvalue weighted by Gasteiger charge is 2.36. The van der Waals surface area contributed by atoms with Gasteiger partial charge in [-0.1, -0.05) is 18.2 Å². The van der Waals surface area contributed by atoms with Crippen LogP contribution in [0, 0.1) is 12.8 Å². The van der Waals surface area contributed by atoms with E-state index in [1.165, 1.54) is 0 Å². The summed E-state index contributed by atoms with van der Waals surface area (Å²) in [4.78, 5) is 17.1. The van der Waals surface area contributed by atoms with Crippen LogP contribution in [0.3, 0.4) is 0 Å². The van der Waals surface area contributed by atoms with Crippen LogP contribution in [0.1, 0.15) is 40.6 Å². The Labute approximate surface area is 144 Å². The highest BCUT2D eigenvalue weighted by molar-refractivity contribution is 5.93. The standard InChI is InChI=1S/C18H19N5O2/c1-10-16(22-23-21-10)18(25)20-17(12-7-14(24)8-12)13-6-11-4-2-3-5-15(11)19-9-13/h2-6,9,12,14,17,24H,7-8H2,1H3,(H,20,25)(H,21,22,23). The number of pyridine rings is 1. The minimum Gasteiger partial charge on any atom is -0.393 e. The number of aliphatic hydroxyl groups excluding tert-OH is 1. The molecule has 0 radical (unpaired) electrons. The van der Waals surface area contributed by atoms with Crippen LogP contribution in [0.2, 0.25) is 0 Å². The van der Waals surface area contributed by atoms with Crippen LogP contribution in [0.25, 0.3) is 10.9 Å². The minimum atomic E-state index is -0.299. The van der Waals surface area contributed by atoms with Crippen molar-refractivity contribution in [2.75, 3.05) is 0 Å². The van der Waals surface area contributed by atoms with Gasteiger partial charge in [0.05, 0.1) is 23.4 Å². The van der Waals surface area contributed by atoms with Crippen molar-refractivity contribution in [3.8, 4) is 0 Å². The van der Waals surface area contributed by atoms with Gasteiger partial charge in [-0.05, 0) is 43.4 Å². The first-order chi connectivity index (χ1) is 12.1. The first-order valence-electron chi connectivity index (χ1n) is 8.33. The lowest BCUT2D eigenvalue weighted by molar-refractivity contribution is 0.0234. The molecule has 3 N–H and O–H groups in total. The van der Waals surface area contributed by atoms with Gasteiger partial charge in [-0.2, -0.15) is 15.4 Å². The molecule has 7 nitrogen and oxygen atoms in total. The van der Waals surface area contributed by atoms with Crippen molar-refractivity contribution >= 4 is 16.8 Å².